The summed E-state index contributed by atoms with van der Waals surface area (Å²) >= 11 is 0. The number of piperidine rings is 1. The van der Waals surface area contributed by atoms with Crippen LogP contribution in [0.25, 0.3) is 28.2 Å². The molecule has 1 N–H and O–H groups in total. The van der Waals surface area contributed by atoms with Gasteiger partial charge in [0.25, 0.3) is 0 Å². The van der Waals surface area contributed by atoms with Gasteiger partial charge in [-0.15, -0.1) is 0 Å². The van der Waals surface area contributed by atoms with Crippen LogP contribution in [0, 0.1) is 5.92 Å². The smallest absolute Gasteiger partial charge is 0.222 e. The molecule has 5 rings (SSSR count). The molecule has 1 aromatic carbocycles. The van der Waals surface area contributed by atoms with Crippen LogP contribution in [0.5, 0.6) is 0 Å². The highest BCUT2D eigenvalue weighted by Crippen LogP contribution is 2.33. The van der Waals surface area contributed by atoms with Crippen LogP contribution < -0.4 is 5.32 Å². The fourth-order valence-corrected chi connectivity index (χ4v) is 4.68. The van der Waals surface area contributed by atoms with Crippen molar-refractivity contribution in [3.63, 3.8) is 0 Å². The Morgan fingerprint density at radius 1 is 1.11 bits per heavy atom. The zero-order valence-corrected chi connectivity index (χ0v) is 22.7. The summed E-state index contributed by atoms with van der Waals surface area (Å²) < 4.78 is 1.86. The summed E-state index contributed by atoms with van der Waals surface area (Å²) in [5, 5.41) is 8.12. The van der Waals surface area contributed by atoms with Crippen molar-refractivity contribution in [1.29, 1.82) is 0 Å². The number of carbonyl (C=O) groups is 1. The van der Waals surface area contributed by atoms with Crippen LogP contribution in [-0.4, -0.2) is 51.4 Å². The predicted molar refractivity (Wildman–Crippen MR) is 156 cm³/mol. The lowest BCUT2D eigenvalue weighted by molar-refractivity contribution is -0.131. The van der Waals surface area contributed by atoms with Crippen molar-refractivity contribution < 1.29 is 4.79 Å². The SMILES string of the molecule is C=C1C=C(n2ncc(-c3ccc(-c4ccccc4)nc3)c2/N=C/C2CCN(C(=O)CC)CC2)NCC1.CC. The second-order valence-electron chi connectivity index (χ2n) is 9.31. The van der Waals surface area contributed by atoms with Gasteiger partial charge in [0.2, 0.25) is 5.91 Å². The van der Waals surface area contributed by atoms with Crippen molar-refractivity contribution in [3.8, 4) is 22.4 Å². The van der Waals surface area contributed by atoms with E-state index >= 15 is 0 Å². The zero-order chi connectivity index (χ0) is 26.9. The number of likely N-dealkylation sites (tertiary alicyclic amines) is 1. The third-order valence-corrected chi connectivity index (χ3v) is 6.81. The number of nitrogens with one attached hydrogen (secondary N) is 1. The van der Waals surface area contributed by atoms with Gasteiger partial charge in [-0.2, -0.15) is 9.78 Å². The highest BCUT2D eigenvalue weighted by Gasteiger charge is 2.22. The van der Waals surface area contributed by atoms with E-state index in [1.54, 1.807) is 0 Å². The van der Waals surface area contributed by atoms with Crippen molar-refractivity contribution in [1.82, 2.24) is 25.0 Å². The second kappa shape index (κ2) is 13.0. The number of nitrogens with zero attached hydrogens (tertiary/aromatic N) is 5. The molecule has 0 atom stereocenters. The molecule has 0 unspecified atom stereocenters. The molecule has 38 heavy (non-hydrogen) atoms. The number of allylic oxidation sites excluding steroid dienone is 1. The molecule has 0 radical (unpaired) electrons. The Kier molecular flexibility index (Phi) is 9.25. The lowest BCUT2D eigenvalue weighted by atomic mass is 9.98. The van der Waals surface area contributed by atoms with E-state index in [9.17, 15) is 4.79 Å². The maximum Gasteiger partial charge on any atom is 0.222 e. The minimum atomic E-state index is 0.229. The van der Waals surface area contributed by atoms with E-state index in [2.05, 4.69) is 30.1 Å². The lowest BCUT2D eigenvalue weighted by Crippen LogP contribution is -2.38. The number of aromatic nitrogens is 3. The van der Waals surface area contributed by atoms with Gasteiger partial charge in [-0.05, 0) is 42.9 Å². The number of pyridine rings is 1. The minimum Gasteiger partial charge on any atom is -0.370 e. The van der Waals surface area contributed by atoms with Crippen molar-refractivity contribution in [2.45, 2.75) is 46.5 Å². The van der Waals surface area contributed by atoms with Crippen LogP contribution in [0.4, 0.5) is 5.82 Å². The van der Waals surface area contributed by atoms with E-state index in [4.69, 9.17) is 15.1 Å². The normalized spacial score (nSPS) is 16.0. The van der Waals surface area contributed by atoms with Gasteiger partial charge in [0.15, 0.2) is 5.82 Å². The summed E-state index contributed by atoms with van der Waals surface area (Å²) in [7, 11) is 0. The van der Waals surface area contributed by atoms with Gasteiger partial charge in [0.05, 0.1) is 11.9 Å². The number of hydrogen-bond donors (Lipinski definition) is 1. The molecular formula is C31H38N6O. The highest BCUT2D eigenvalue weighted by atomic mass is 16.2. The summed E-state index contributed by atoms with van der Waals surface area (Å²) in [6.07, 6.45) is 11.1. The summed E-state index contributed by atoms with van der Waals surface area (Å²) in [5.74, 6) is 2.20. The van der Waals surface area contributed by atoms with Gasteiger partial charge in [0.1, 0.15) is 5.82 Å². The number of carbonyl (C=O) groups excluding carboxylic acids is 1. The molecule has 1 amide bonds. The number of benzene rings is 1. The molecule has 2 aliphatic heterocycles. The number of amides is 1. The van der Waals surface area contributed by atoms with Crippen LogP contribution in [-0.2, 0) is 4.79 Å². The first-order valence-electron chi connectivity index (χ1n) is 13.7. The number of aliphatic imine (C=N–C) groups is 1. The monoisotopic (exact) mass is 510 g/mol. The van der Waals surface area contributed by atoms with Crippen molar-refractivity contribution in [3.05, 3.63) is 73.1 Å². The number of hydrogen-bond acceptors (Lipinski definition) is 5. The van der Waals surface area contributed by atoms with Crippen LogP contribution in [0.3, 0.4) is 0 Å². The van der Waals surface area contributed by atoms with Crippen LogP contribution in [0.15, 0.2) is 78.1 Å². The van der Waals surface area contributed by atoms with Crippen molar-refractivity contribution >= 4 is 23.8 Å². The Morgan fingerprint density at radius 3 is 2.53 bits per heavy atom. The summed E-state index contributed by atoms with van der Waals surface area (Å²) in [4.78, 5) is 23.7. The quantitative estimate of drug-likeness (QED) is 0.393. The molecule has 1 fully saturated rings. The Hall–Kier alpha value is -4.00. The van der Waals surface area contributed by atoms with E-state index in [0.717, 1.165) is 78.5 Å². The molecular weight excluding hydrogens is 472 g/mol. The molecule has 0 aliphatic carbocycles. The van der Waals surface area contributed by atoms with Crippen LogP contribution >= 0.6 is 0 Å². The predicted octanol–water partition coefficient (Wildman–Crippen LogP) is 6.34. The van der Waals surface area contributed by atoms with Crippen molar-refractivity contribution in [2.75, 3.05) is 19.6 Å². The maximum atomic E-state index is 12.0. The maximum absolute atomic E-state index is 12.0. The standard InChI is InChI=1S/C29H32N6O.C2H6/c1-3-28(36)34-15-12-22(13-16-34)18-32-29-25(20-33-35(29)27-17-21(2)11-14-30-27)24-9-10-26(31-19-24)23-7-5-4-6-8-23;1-2/h4-10,17-20,22,30H,2-3,11-16H2,1H3;1-2H3/b32-18+;. The molecule has 2 aliphatic rings. The van der Waals surface area contributed by atoms with Gasteiger partial charge < -0.3 is 10.2 Å². The topological polar surface area (TPSA) is 75.4 Å². The summed E-state index contributed by atoms with van der Waals surface area (Å²) in [6, 6.07) is 14.3. The Bertz CT molecular complexity index is 1280. The molecule has 7 nitrogen and oxygen atoms in total. The summed E-state index contributed by atoms with van der Waals surface area (Å²) in [6.45, 7) is 12.4. The van der Waals surface area contributed by atoms with E-state index in [-0.39, 0.29) is 5.91 Å². The first kappa shape index (κ1) is 27.0. The molecule has 198 valence electrons. The Labute approximate surface area is 226 Å². The molecule has 3 aromatic rings. The summed E-state index contributed by atoms with van der Waals surface area (Å²) in [5.41, 5.74) is 4.97. The van der Waals surface area contributed by atoms with Gasteiger partial charge in [-0.25, -0.2) is 4.99 Å². The first-order valence-corrected chi connectivity index (χ1v) is 13.7. The van der Waals surface area contributed by atoms with E-state index < -0.39 is 0 Å². The van der Waals surface area contributed by atoms with Gasteiger partial charge in [-0.1, -0.05) is 63.7 Å². The first-order chi connectivity index (χ1) is 18.6. The highest BCUT2D eigenvalue weighted by molar-refractivity contribution is 5.80. The van der Waals surface area contributed by atoms with Crippen molar-refractivity contribution in [2.24, 2.45) is 10.9 Å². The fourth-order valence-electron chi connectivity index (χ4n) is 4.68. The average Bonchev–Trinajstić information content (AvgIpc) is 3.41. The molecule has 0 bridgehead atoms. The van der Waals surface area contributed by atoms with Gasteiger partial charge >= 0.3 is 0 Å². The van der Waals surface area contributed by atoms with Crippen LogP contribution in [0.2, 0.25) is 0 Å². The molecule has 0 saturated carbocycles. The Morgan fingerprint density at radius 2 is 1.87 bits per heavy atom. The van der Waals surface area contributed by atoms with E-state index in [0.29, 0.717) is 12.3 Å². The molecule has 1 saturated heterocycles. The molecule has 4 heterocycles. The zero-order valence-electron chi connectivity index (χ0n) is 22.7. The number of rotatable bonds is 6. The minimum absolute atomic E-state index is 0.229. The van der Waals surface area contributed by atoms with E-state index in [1.807, 2.05) is 79.3 Å². The fraction of sp³-hybridized carbons (Fsp3) is 0.355. The average molecular weight is 511 g/mol. The van der Waals surface area contributed by atoms with E-state index in [1.165, 1.54) is 0 Å². The second-order valence-corrected chi connectivity index (χ2v) is 9.31. The molecule has 0 spiro atoms. The van der Waals surface area contributed by atoms with Gasteiger partial charge in [0, 0.05) is 55.2 Å². The molecule has 2 aromatic heterocycles. The third-order valence-electron chi connectivity index (χ3n) is 6.81. The largest absolute Gasteiger partial charge is 0.370 e. The van der Waals surface area contributed by atoms with Crippen LogP contribution in [0.1, 0.15) is 46.5 Å². The lowest BCUT2D eigenvalue weighted by Gasteiger charge is -2.30. The molecule has 7 heteroatoms. The Balaban J connectivity index is 0.00000164. The van der Waals surface area contributed by atoms with Gasteiger partial charge in [-0.3, -0.25) is 9.78 Å². The third kappa shape index (κ3) is 6.28.